The number of carbonyl (C=O) groups excluding carboxylic acids is 1. The summed E-state index contributed by atoms with van der Waals surface area (Å²) in [6, 6.07) is 6.56. The average molecular weight is 421 g/mol. The van der Waals surface area contributed by atoms with E-state index in [9.17, 15) is 4.79 Å². The van der Waals surface area contributed by atoms with Crippen LogP contribution in [-0.2, 0) is 6.42 Å². The minimum Gasteiger partial charge on any atom is -0.292 e. The molecule has 1 heterocycles. The standard InChI is InChI=1S/C26H29ClN2O/c1-16-8-10-20-19(12-16)15-21-25(24(30)14-18-6-4-3-5-7-18)28-29(26(20)21)23-11-9-17(2)13-22(23)27/h8,10-13,17-18H,3-7,9,14-15H2,1-2H3. The fourth-order valence-electron chi connectivity index (χ4n) is 5.32. The lowest BCUT2D eigenvalue weighted by molar-refractivity contribution is 0.0944. The normalized spacial score (nSPS) is 21.1. The van der Waals surface area contributed by atoms with Crippen LogP contribution in [0.2, 0.25) is 0 Å². The lowest BCUT2D eigenvalue weighted by Crippen LogP contribution is -2.14. The number of allylic oxidation sites excluding steroid dienone is 4. The summed E-state index contributed by atoms with van der Waals surface area (Å²) in [5, 5.41) is 5.62. The fraction of sp³-hybridized carbons (Fsp3) is 0.462. The topological polar surface area (TPSA) is 34.9 Å². The number of hydrogen-bond donors (Lipinski definition) is 0. The van der Waals surface area contributed by atoms with E-state index in [-0.39, 0.29) is 5.78 Å². The van der Waals surface area contributed by atoms with Gasteiger partial charge in [-0.15, -0.1) is 0 Å². The highest BCUT2D eigenvalue weighted by Crippen LogP contribution is 2.43. The number of aromatic nitrogens is 2. The van der Waals surface area contributed by atoms with Crippen molar-refractivity contribution in [2.24, 2.45) is 11.8 Å². The van der Waals surface area contributed by atoms with E-state index in [1.165, 1.54) is 48.8 Å². The molecule has 1 aromatic carbocycles. The lowest BCUT2D eigenvalue weighted by Gasteiger charge is -2.20. The van der Waals surface area contributed by atoms with Crippen molar-refractivity contribution >= 4 is 23.1 Å². The van der Waals surface area contributed by atoms with Crippen LogP contribution in [-0.4, -0.2) is 15.6 Å². The van der Waals surface area contributed by atoms with Crippen LogP contribution in [0.3, 0.4) is 0 Å². The quantitative estimate of drug-likeness (QED) is 0.429. The number of rotatable bonds is 4. The van der Waals surface area contributed by atoms with E-state index in [2.05, 4.69) is 44.2 Å². The van der Waals surface area contributed by atoms with Gasteiger partial charge in [0.1, 0.15) is 5.69 Å². The molecule has 3 nitrogen and oxygen atoms in total. The summed E-state index contributed by atoms with van der Waals surface area (Å²) in [5.41, 5.74) is 7.43. The van der Waals surface area contributed by atoms with Crippen molar-refractivity contribution in [1.82, 2.24) is 9.78 Å². The molecule has 0 N–H and O–H groups in total. The molecule has 1 aromatic heterocycles. The van der Waals surface area contributed by atoms with E-state index in [1.807, 2.05) is 4.68 Å². The second-order valence-corrected chi connectivity index (χ2v) is 9.78. The van der Waals surface area contributed by atoms with E-state index in [0.717, 1.165) is 34.8 Å². The number of aryl methyl sites for hydroxylation is 1. The molecule has 1 saturated carbocycles. The monoisotopic (exact) mass is 420 g/mol. The maximum absolute atomic E-state index is 13.4. The molecule has 3 aliphatic carbocycles. The predicted molar refractivity (Wildman–Crippen MR) is 123 cm³/mol. The number of Topliss-reactive ketones (excluding diaryl/α,β-unsaturated/α-hetero) is 1. The van der Waals surface area contributed by atoms with Crippen molar-refractivity contribution in [3.8, 4) is 11.3 Å². The summed E-state index contributed by atoms with van der Waals surface area (Å²) in [4.78, 5) is 13.4. The highest BCUT2D eigenvalue weighted by molar-refractivity contribution is 6.36. The van der Waals surface area contributed by atoms with E-state index in [4.69, 9.17) is 16.7 Å². The molecule has 0 amide bonds. The van der Waals surface area contributed by atoms with Crippen LogP contribution in [0.1, 0.15) is 79.0 Å². The van der Waals surface area contributed by atoms with Gasteiger partial charge in [0.05, 0.1) is 16.4 Å². The van der Waals surface area contributed by atoms with E-state index in [1.54, 1.807) is 0 Å². The Morgan fingerprint density at radius 3 is 2.80 bits per heavy atom. The summed E-state index contributed by atoms with van der Waals surface area (Å²) in [7, 11) is 0. The van der Waals surface area contributed by atoms with Gasteiger partial charge in [0.15, 0.2) is 5.78 Å². The number of halogens is 1. The van der Waals surface area contributed by atoms with E-state index in [0.29, 0.717) is 24.0 Å². The fourth-order valence-corrected chi connectivity index (χ4v) is 5.69. The number of nitrogens with zero attached hydrogens (tertiary/aromatic N) is 2. The number of ketones is 1. The third-order valence-corrected chi connectivity index (χ3v) is 7.24. The number of fused-ring (bicyclic) bond motifs is 3. The lowest BCUT2D eigenvalue weighted by atomic mass is 9.85. The Bertz CT molecular complexity index is 1070. The Kier molecular flexibility index (Phi) is 5.18. The first-order chi connectivity index (χ1) is 14.5. The molecule has 0 bridgehead atoms. The van der Waals surface area contributed by atoms with Crippen molar-refractivity contribution in [3.05, 3.63) is 57.8 Å². The molecule has 0 aliphatic heterocycles. The molecule has 0 spiro atoms. The van der Waals surface area contributed by atoms with Crippen LogP contribution in [0.25, 0.3) is 17.0 Å². The maximum atomic E-state index is 13.4. The van der Waals surface area contributed by atoms with Crippen molar-refractivity contribution in [3.63, 3.8) is 0 Å². The number of carbonyl (C=O) groups is 1. The van der Waals surface area contributed by atoms with Crippen LogP contribution >= 0.6 is 11.6 Å². The van der Waals surface area contributed by atoms with Crippen LogP contribution in [0.15, 0.2) is 35.4 Å². The zero-order valence-corrected chi connectivity index (χ0v) is 18.6. The predicted octanol–water partition coefficient (Wildman–Crippen LogP) is 6.92. The molecule has 1 fully saturated rings. The van der Waals surface area contributed by atoms with Crippen molar-refractivity contribution in [2.45, 2.75) is 65.2 Å². The van der Waals surface area contributed by atoms with Gasteiger partial charge in [0.2, 0.25) is 0 Å². The zero-order valence-electron chi connectivity index (χ0n) is 17.9. The Balaban J connectivity index is 1.58. The molecule has 5 rings (SSSR count). The first kappa shape index (κ1) is 19.8. The van der Waals surface area contributed by atoms with E-state index < -0.39 is 0 Å². The maximum Gasteiger partial charge on any atom is 0.183 e. The molecule has 3 aliphatic rings. The first-order valence-electron chi connectivity index (χ1n) is 11.3. The van der Waals surface area contributed by atoms with Gasteiger partial charge < -0.3 is 0 Å². The zero-order chi connectivity index (χ0) is 20.8. The smallest absolute Gasteiger partial charge is 0.183 e. The number of benzene rings is 1. The Morgan fingerprint density at radius 1 is 1.23 bits per heavy atom. The van der Waals surface area contributed by atoms with Gasteiger partial charge in [-0.25, -0.2) is 4.68 Å². The third-order valence-electron chi connectivity index (χ3n) is 6.92. The summed E-state index contributed by atoms with van der Waals surface area (Å²) in [5.74, 6) is 1.13. The molecule has 156 valence electrons. The van der Waals surface area contributed by atoms with Crippen molar-refractivity contribution in [2.75, 3.05) is 0 Å². The molecule has 1 unspecified atom stereocenters. The SMILES string of the molecule is Cc1ccc2c(c1)Cc1c(C(=O)CC3CCCCC3)nn(C3=CCC(C)C=C3Cl)c1-2. The van der Waals surface area contributed by atoms with Gasteiger partial charge in [-0.1, -0.05) is 86.5 Å². The highest BCUT2D eigenvalue weighted by atomic mass is 35.5. The largest absolute Gasteiger partial charge is 0.292 e. The average Bonchev–Trinajstić information content (AvgIpc) is 3.25. The first-order valence-corrected chi connectivity index (χ1v) is 11.7. The molecule has 0 radical (unpaired) electrons. The van der Waals surface area contributed by atoms with Gasteiger partial charge in [-0.2, -0.15) is 5.10 Å². The molecule has 4 heteroatoms. The Labute approximate surface area is 183 Å². The molecule has 0 saturated heterocycles. The Hall–Kier alpha value is -2.13. The van der Waals surface area contributed by atoms with Crippen molar-refractivity contribution in [1.29, 1.82) is 0 Å². The minimum atomic E-state index is 0.200. The van der Waals surface area contributed by atoms with Crippen LogP contribution < -0.4 is 0 Å². The number of hydrogen-bond acceptors (Lipinski definition) is 2. The second-order valence-electron chi connectivity index (χ2n) is 9.37. The highest BCUT2D eigenvalue weighted by Gasteiger charge is 2.33. The van der Waals surface area contributed by atoms with Crippen LogP contribution in [0.4, 0.5) is 0 Å². The Morgan fingerprint density at radius 2 is 2.03 bits per heavy atom. The molecule has 2 aromatic rings. The summed E-state index contributed by atoms with van der Waals surface area (Å²) in [6.07, 6.45) is 12.8. The third kappa shape index (κ3) is 3.47. The molecule has 30 heavy (non-hydrogen) atoms. The van der Waals surface area contributed by atoms with Crippen LogP contribution in [0.5, 0.6) is 0 Å². The van der Waals surface area contributed by atoms with Crippen LogP contribution in [0, 0.1) is 18.8 Å². The molecular formula is C26H29ClN2O. The summed E-state index contributed by atoms with van der Waals surface area (Å²) >= 11 is 6.66. The second kappa shape index (κ2) is 7.85. The van der Waals surface area contributed by atoms with E-state index >= 15 is 0 Å². The van der Waals surface area contributed by atoms with Gasteiger partial charge in [-0.05, 0) is 30.7 Å². The molecule has 1 atom stereocenters. The van der Waals surface area contributed by atoms with Crippen molar-refractivity contribution < 1.29 is 4.79 Å². The summed E-state index contributed by atoms with van der Waals surface area (Å²) < 4.78 is 1.95. The van der Waals surface area contributed by atoms with Gasteiger partial charge in [0.25, 0.3) is 0 Å². The molecular weight excluding hydrogens is 392 g/mol. The van der Waals surface area contributed by atoms with Gasteiger partial charge in [-0.3, -0.25) is 4.79 Å². The minimum absolute atomic E-state index is 0.200. The van der Waals surface area contributed by atoms with Gasteiger partial charge in [0, 0.05) is 24.0 Å². The van der Waals surface area contributed by atoms with Gasteiger partial charge >= 0.3 is 0 Å². The summed E-state index contributed by atoms with van der Waals surface area (Å²) in [6.45, 7) is 4.29.